The molecule has 1 aliphatic rings. The van der Waals surface area contributed by atoms with Crippen LogP contribution in [0.15, 0.2) is 29.2 Å². The molecule has 26 heavy (non-hydrogen) atoms. The number of benzene rings is 1. The normalized spacial score (nSPS) is 26.7. The van der Waals surface area contributed by atoms with Gasteiger partial charge in [0, 0.05) is 18.2 Å². The van der Waals surface area contributed by atoms with Gasteiger partial charge in [0.15, 0.2) is 0 Å². The van der Waals surface area contributed by atoms with Crippen molar-refractivity contribution >= 4 is 22.0 Å². The number of hydroxylamine groups is 1. The van der Waals surface area contributed by atoms with Gasteiger partial charge in [-0.3, -0.25) is 14.8 Å². The molecule has 2 amide bonds. The average molecular weight is 405 g/mol. The highest BCUT2D eigenvalue weighted by atomic mass is 32.5. The van der Waals surface area contributed by atoms with Crippen molar-refractivity contribution in [1.82, 2.24) is 16.1 Å². The van der Waals surface area contributed by atoms with Crippen LogP contribution >= 0.6 is 10.2 Å². The Labute approximate surface area is 144 Å². The Morgan fingerprint density at radius 1 is 1.23 bits per heavy atom. The summed E-state index contributed by atoms with van der Waals surface area (Å²) in [6.45, 7) is 1.40. The summed E-state index contributed by atoms with van der Waals surface area (Å²) in [5, 5.41) is 23.9. The monoisotopic (exact) mass is 405 g/mol. The zero-order chi connectivity index (χ0) is 20.0. The van der Waals surface area contributed by atoms with Gasteiger partial charge in [-0.05, 0) is 31.2 Å². The van der Waals surface area contributed by atoms with Crippen LogP contribution in [-0.4, -0.2) is 46.4 Å². The number of rotatable bonds is 5. The summed E-state index contributed by atoms with van der Waals surface area (Å²) in [6, 6.07) is -1.13. The number of carbonyl (C=O) groups is 2. The van der Waals surface area contributed by atoms with Crippen LogP contribution in [0.1, 0.15) is 17.3 Å². The van der Waals surface area contributed by atoms with Crippen LogP contribution in [0.25, 0.3) is 0 Å². The fourth-order valence-corrected chi connectivity index (χ4v) is 3.08. The third-order valence-corrected chi connectivity index (χ3v) is 5.31. The predicted molar refractivity (Wildman–Crippen MR) is 81.4 cm³/mol. The predicted octanol–water partition coefficient (Wildman–Crippen LogP) is 1.67. The van der Waals surface area contributed by atoms with E-state index in [2.05, 4.69) is 10.6 Å². The molecule has 2 rings (SSSR count). The Bertz CT molecular complexity index is 743. The molecule has 5 N–H and O–H groups in total. The van der Waals surface area contributed by atoms with Crippen LogP contribution in [0.5, 0.6) is 0 Å². The van der Waals surface area contributed by atoms with Crippen molar-refractivity contribution in [2.24, 2.45) is 0 Å². The molecule has 1 heterocycles. The van der Waals surface area contributed by atoms with Crippen LogP contribution in [-0.2, 0) is 4.79 Å². The Hall–Kier alpha value is -1.96. The van der Waals surface area contributed by atoms with Crippen LogP contribution in [0.3, 0.4) is 0 Å². The number of aliphatic hydroxyl groups is 1. The maximum atomic E-state index is 12.7. The molecule has 0 radical (unpaired) electrons. The highest BCUT2D eigenvalue weighted by Crippen LogP contribution is 3.02. The highest BCUT2D eigenvalue weighted by Gasteiger charge is 2.65. The minimum absolute atomic E-state index is 0.0554. The van der Waals surface area contributed by atoms with E-state index in [9.17, 15) is 34.1 Å². The van der Waals surface area contributed by atoms with E-state index >= 15 is 0 Å². The lowest BCUT2D eigenvalue weighted by Gasteiger charge is -2.48. The lowest BCUT2D eigenvalue weighted by Crippen LogP contribution is -2.77. The molecular formula is C13H16F5N3O4S. The number of nitrogens with one attached hydrogen (secondary N) is 3. The molecule has 1 aromatic rings. The van der Waals surface area contributed by atoms with E-state index in [0.29, 0.717) is 12.1 Å². The summed E-state index contributed by atoms with van der Waals surface area (Å²) in [6.07, 6.45) is 0. The van der Waals surface area contributed by atoms with Gasteiger partial charge >= 0.3 is 10.2 Å². The molecule has 1 fully saturated rings. The maximum Gasteiger partial charge on any atom is 0.310 e. The van der Waals surface area contributed by atoms with Crippen molar-refractivity contribution < 1.29 is 39.3 Å². The molecule has 13 heteroatoms. The third kappa shape index (κ3) is 3.90. The van der Waals surface area contributed by atoms with Crippen molar-refractivity contribution in [3.05, 3.63) is 29.8 Å². The lowest BCUT2D eigenvalue weighted by molar-refractivity contribution is -0.146. The van der Waals surface area contributed by atoms with E-state index in [1.165, 1.54) is 12.4 Å². The molecule has 0 spiro atoms. The molecule has 0 saturated carbocycles. The van der Waals surface area contributed by atoms with Gasteiger partial charge in [0.25, 0.3) is 11.8 Å². The van der Waals surface area contributed by atoms with Gasteiger partial charge in [-0.1, -0.05) is 19.4 Å². The Balaban J connectivity index is 2.24. The number of hydrogen-bond donors (Lipinski definition) is 5. The quantitative estimate of drug-likeness (QED) is 0.291. The molecule has 1 aromatic carbocycles. The minimum Gasteiger partial charge on any atom is -0.384 e. The minimum atomic E-state index is -9.87. The molecule has 0 bridgehead atoms. The van der Waals surface area contributed by atoms with Gasteiger partial charge in [-0.2, -0.15) is 0 Å². The van der Waals surface area contributed by atoms with Gasteiger partial charge in [0.05, 0.1) is 0 Å². The largest absolute Gasteiger partial charge is 0.384 e. The number of amides is 2. The van der Waals surface area contributed by atoms with Crippen molar-refractivity contribution in [1.29, 1.82) is 0 Å². The molecule has 3 atom stereocenters. The number of carbonyl (C=O) groups excluding carboxylic acids is 2. The molecular weight excluding hydrogens is 389 g/mol. The molecule has 148 valence electrons. The Kier molecular flexibility index (Phi) is 4.32. The van der Waals surface area contributed by atoms with Crippen LogP contribution in [0.2, 0.25) is 0 Å². The second-order valence-corrected chi connectivity index (χ2v) is 8.38. The van der Waals surface area contributed by atoms with Gasteiger partial charge in [0.2, 0.25) is 0 Å². The highest BCUT2D eigenvalue weighted by molar-refractivity contribution is 8.45. The smallest absolute Gasteiger partial charge is 0.310 e. The number of β-amino-alcohol motifs (C(OH)–C–C–N with tert-alkyl or cyclic N) is 1. The summed E-state index contributed by atoms with van der Waals surface area (Å²) < 4.78 is 63.4. The fourth-order valence-electron chi connectivity index (χ4n) is 2.43. The van der Waals surface area contributed by atoms with Crippen LogP contribution < -0.4 is 16.1 Å². The molecule has 1 aliphatic heterocycles. The summed E-state index contributed by atoms with van der Waals surface area (Å²) >= 11 is 0. The van der Waals surface area contributed by atoms with E-state index in [-0.39, 0.29) is 18.7 Å². The van der Waals surface area contributed by atoms with E-state index in [0.717, 1.165) is 0 Å². The van der Waals surface area contributed by atoms with Crippen molar-refractivity contribution in [2.75, 3.05) is 6.54 Å². The van der Waals surface area contributed by atoms with Gasteiger partial charge in [0.1, 0.15) is 16.5 Å². The molecule has 0 aromatic heterocycles. The van der Waals surface area contributed by atoms with E-state index in [1.54, 1.807) is 0 Å². The zero-order valence-corrected chi connectivity index (χ0v) is 14.0. The number of hydrogen-bond acceptors (Lipinski definition) is 5. The van der Waals surface area contributed by atoms with Crippen molar-refractivity contribution in [3.63, 3.8) is 0 Å². The Morgan fingerprint density at radius 2 is 1.77 bits per heavy atom. The SMILES string of the molecule is C[C@H]1NC[C@]1(O)[C@@H](NC(=O)c1ccc(S(F)(F)(F)(F)F)cc1)C(=O)NO. The summed E-state index contributed by atoms with van der Waals surface area (Å²) in [5.41, 5.74) is -0.936. The van der Waals surface area contributed by atoms with Crippen molar-refractivity contribution in [3.8, 4) is 0 Å². The van der Waals surface area contributed by atoms with Crippen molar-refractivity contribution in [2.45, 2.75) is 29.5 Å². The van der Waals surface area contributed by atoms with Gasteiger partial charge in [-0.25, -0.2) is 5.48 Å². The topological polar surface area (TPSA) is 111 Å². The first kappa shape index (κ1) is 20.4. The second-order valence-electron chi connectivity index (χ2n) is 5.97. The molecule has 7 nitrogen and oxygen atoms in total. The summed E-state index contributed by atoms with van der Waals surface area (Å²) in [5.74, 6) is -2.25. The first-order chi connectivity index (χ1) is 11.6. The second kappa shape index (κ2) is 5.52. The van der Waals surface area contributed by atoms with Gasteiger partial charge in [-0.15, -0.1) is 0 Å². The van der Waals surface area contributed by atoms with E-state index in [1.807, 2.05) is 0 Å². The maximum absolute atomic E-state index is 12.7. The third-order valence-electron chi connectivity index (χ3n) is 4.15. The first-order valence-corrected chi connectivity index (χ1v) is 9.08. The summed E-state index contributed by atoms with van der Waals surface area (Å²) in [4.78, 5) is 21.7. The van der Waals surface area contributed by atoms with Gasteiger partial charge < -0.3 is 15.7 Å². The average Bonchev–Trinajstić information content (AvgIpc) is 2.54. The first-order valence-electron chi connectivity index (χ1n) is 7.13. The summed E-state index contributed by atoms with van der Waals surface area (Å²) in [7, 11) is -9.87. The Morgan fingerprint density at radius 3 is 2.12 bits per heavy atom. The fraction of sp³-hybridized carbons (Fsp3) is 0.385. The van der Waals surface area contributed by atoms with E-state index in [4.69, 9.17) is 5.21 Å². The lowest BCUT2D eigenvalue weighted by atomic mass is 9.80. The zero-order valence-electron chi connectivity index (χ0n) is 13.2. The molecule has 1 saturated heterocycles. The molecule has 0 aliphatic carbocycles. The molecule has 0 unspecified atom stereocenters. The van der Waals surface area contributed by atoms with E-state index < -0.39 is 50.2 Å². The van der Waals surface area contributed by atoms with Crippen LogP contribution in [0.4, 0.5) is 19.4 Å². The van der Waals surface area contributed by atoms with Crippen LogP contribution in [0, 0.1) is 0 Å². The number of halogens is 5. The standard InChI is InChI=1S/C13H16F5N3O4S/c1-7-13(24,6-19-7)10(12(23)21-25)20-11(22)8-2-4-9(5-3-8)26(14,15,16,17)18/h2-5,7,10,19,24-25H,6H2,1H3,(H,20,22)(H,21,23)/t7-,10+,13-/m1/s1.